The summed E-state index contributed by atoms with van der Waals surface area (Å²) in [4.78, 5) is 37.9. The first-order chi connectivity index (χ1) is 12.0. The van der Waals surface area contributed by atoms with Gasteiger partial charge in [-0.2, -0.15) is 0 Å². The van der Waals surface area contributed by atoms with Gasteiger partial charge in [-0.05, 0) is 49.9 Å². The number of ether oxygens (including phenoxy) is 1. The number of carboxylic acid groups (broad SMARTS) is 1. The fourth-order valence-electron chi connectivity index (χ4n) is 3.68. The summed E-state index contributed by atoms with van der Waals surface area (Å²) in [7, 11) is 1.58. The lowest BCUT2D eigenvalue weighted by Gasteiger charge is -2.39. The number of amides is 1. The van der Waals surface area contributed by atoms with Crippen LogP contribution in [0.2, 0.25) is 0 Å². The van der Waals surface area contributed by atoms with Gasteiger partial charge < -0.3 is 14.7 Å². The molecule has 2 unspecified atom stereocenters. The van der Waals surface area contributed by atoms with Crippen LogP contribution in [0.4, 0.5) is 0 Å². The summed E-state index contributed by atoms with van der Waals surface area (Å²) in [6.07, 6.45) is 2.49. The third kappa shape index (κ3) is 3.52. The van der Waals surface area contributed by atoms with Gasteiger partial charge in [0.1, 0.15) is 5.75 Å². The molecule has 1 saturated carbocycles. The van der Waals surface area contributed by atoms with Crippen molar-refractivity contribution in [2.24, 2.45) is 17.8 Å². The number of nitrogens with zero attached hydrogens (tertiary/aromatic N) is 1. The zero-order valence-corrected chi connectivity index (χ0v) is 14.3. The van der Waals surface area contributed by atoms with Crippen LogP contribution in [0.5, 0.6) is 5.75 Å². The monoisotopic (exact) mass is 345 g/mol. The standard InChI is InChI=1S/C19H23NO5/c1-25-14-4-2-12(3-5-14)17(21)13-8-10-20(11-9-13)18(22)15-6-7-16(15)19(23)24/h2-5,13,15-16H,6-11H2,1H3,(H,23,24). The molecule has 3 rings (SSSR count). The van der Waals surface area contributed by atoms with Crippen LogP contribution in [-0.2, 0) is 9.59 Å². The van der Waals surface area contributed by atoms with E-state index in [0.717, 1.165) is 0 Å². The predicted molar refractivity (Wildman–Crippen MR) is 90.5 cm³/mol. The number of ketones is 1. The normalized spacial score (nSPS) is 23.6. The van der Waals surface area contributed by atoms with E-state index in [4.69, 9.17) is 9.84 Å². The first-order valence-corrected chi connectivity index (χ1v) is 8.71. The highest BCUT2D eigenvalue weighted by molar-refractivity contribution is 5.98. The van der Waals surface area contributed by atoms with Crippen molar-refractivity contribution in [3.63, 3.8) is 0 Å². The van der Waals surface area contributed by atoms with Crippen molar-refractivity contribution in [1.82, 2.24) is 4.90 Å². The number of hydrogen-bond acceptors (Lipinski definition) is 4. The van der Waals surface area contributed by atoms with E-state index >= 15 is 0 Å². The first-order valence-electron chi connectivity index (χ1n) is 8.71. The van der Waals surface area contributed by atoms with Gasteiger partial charge >= 0.3 is 5.97 Å². The smallest absolute Gasteiger partial charge is 0.307 e. The number of benzene rings is 1. The maximum Gasteiger partial charge on any atom is 0.307 e. The van der Waals surface area contributed by atoms with Crippen LogP contribution < -0.4 is 4.74 Å². The molecule has 1 aliphatic heterocycles. The largest absolute Gasteiger partial charge is 0.497 e. The summed E-state index contributed by atoms with van der Waals surface area (Å²) >= 11 is 0. The predicted octanol–water partition coefficient (Wildman–Crippen LogP) is 2.23. The second kappa shape index (κ2) is 7.25. The number of carbonyl (C=O) groups excluding carboxylic acids is 2. The van der Waals surface area contributed by atoms with Crippen molar-refractivity contribution < 1.29 is 24.2 Å². The number of carboxylic acids is 1. The number of aliphatic carboxylic acids is 1. The highest BCUT2D eigenvalue weighted by Crippen LogP contribution is 2.36. The van der Waals surface area contributed by atoms with Crippen LogP contribution in [0.1, 0.15) is 36.0 Å². The molecule has 1 saturated heterocycles. The SMILES string of the molecule is COc1ccc(C(=O)C2CCN(C(=O)C3CCC3C(=O)O)CC2)cc1. The second-order valence-electron chi connectivity index (χ2n) is 6.82. The summed E-state index contributed by atoms with van der Waals surface area (Å²) in [6.45, 7) is 1.04. The minimum absolute atomic E-state index is 0.0611. The topological polar surface area (TPSA) is 83.9 Å². The quantitative estimate of drug-likeness (QED) is 0.827. The summed E-state index contributed by atoms with van der Waals surface area (Å²) in [6, 6.07) is 7.08. The molecule has 2 atom stereocenters. The summed E-state index contributed by atoms with van der Waals surface area (Å²) < 4.78 is 5.10. The molecule has 2 aliphatic rings. The molecular formula is C19H23NO5. The van der Waals surface area contributed by atoms with Gasteiger partial charge in [-0.15, -0.1) is 0 Å². The average Bonchev–Trinajstić information content (AvgIpc) is 2.60. The van der Waals surface area contributed by atoms with E-state index in [2.05, 4.69) is 0 Å². The Labute approximate surface area is 146 Å². The van der Waals surface area contributed by atoms with Crippen molar-refractivity contribution in [2.45, 2.75) is 25.7 Å². The minimum atomic E-state index is -0.880. The Hall–Kier alpha value is -2.37. The van der Waals surface area contributed by atoms with Crippen LogP contribution in [0.15, 0.2) is 24.3 Å². The molecule has 0 radical (unpaired) electrons. The molecule has 25 heavy (non-hydrogen) atoms. The van der Waals surface area contributed by atoms with E-state index in [0.29, 0.717) is 50.1 Å². The van der Waals surface area contributed by atoms with Gasteiger partial charge in [0.2, 0.25) is 5.91 Å². The molecule has 1 aliphatic carbocycles. The summed E-state index contributed by atoms with van der Waals surface area (Å²) in [5, 5.41) is 9.10. The molecule has 0 spiro atoms. The van der Waals surface area contributed by atoms with E-state index in [1.165, 1.54) is 0 Å². The fourth-order valence-corrected chi connectivity index (χ4v) is 3.68. The van der Waals surface area contributed by atoms with Crippen LogP contribution in [0, 0.1) is 17.8 Å². The van der Waals surface area contributed by atoms with Gasteiger partial charge in [0.25, 0.3) is 0 Å². The Kier molecular flexibility index (Phi) is 5.06. The van der Waals surface area contributed by atoms with Crippen molar-refractivity contribution in [3.8, 4) is 5.75 Å². The van der Waals surface area contributed by atoms with E-state index in [1.54, 1.807) is 36.3 Å². The lowest BCUT2D eigenvalue weighted by molar-refractivity contribution is -0.157. The Bertz CT molecular complexity index is 661. The molecule has 6 heteroatoms. The third-order valence-corrected chi connectivity index (χ3v) is 5.46. The molecule has 1 aromatic rings. The van der Waals surface area contributed by atoms with Crippen LogP contribution >= 0.6 is 0 Å². The molecule has 0 bridgehead atoms. The Morgan fingerprint density at radius 1 is 1.00 bits per heavy atom. The fraction of sp³-hybridized carbons (Fsp3) is 0.526. The first kappa shape index (κ1) is 17.5. The van der Waals surface area contributed by atoms with Gasteiger partial charge in [-0.3, -0.25) is 14.4 Å². The molecule has 1 heterocycles. The number of rotatable bonds is 5. The third-order valence-electron chi connectivity index (χ3n) is 5.46. The number of hydrogen-bond donors (Lipinski definition) is 1. The number of carbonyl (C=O) groups is 3. The minimum Gasteiger partial charge on any atom is -0.497 e. The van der Waals surface area contributed by atoms with Gasteiger partial charge in [0, 0.05) is 24.6 Å². The number of methoxy groups -OCH3 is 1. The van der Waals surface area contributed by atoms with Gasteiger partial charge in [0.15, 0.2) is 5.78 Å². The maximum absolute atomic E-state index is 12.6. The van der Waals surface area contributed by atoms with Crippen molar-refractivity contribution in [2.75, 3.05) is 20.2 Å². The van der Waals surface area contributed by atoms with Gasteiger partial charge in [-0.1, -0.05) is 0 Å². The average molecular weight is 345 g/mol. The van der Waals surface area contributed by atoms with Gasteiger partial charge in [-0.25, -0.2) is 0 Å². The lowest BCUT2D eigenvalue weighted by atomic mass is 9.72. The second-order valence-corrected chi connectivity index (χ2v) is 6.82. The van der Waals surface area contributed by atoms with E-state index in [-0.39, 0.29) is 23.5 Å². The van der Waals surface area contributed by atoms with Crippen molar-refractivity contribution >= 4 is 17.7 Å². The Balaban J connectivity index is 1.55. The summed E-state index contributed by atoms with van der Waals surface area (Å²) in [5.74, 6) is -1.14. The lowest BCUT2D eigenvalue weighted by Crippen LogP contribution is -2.49. The molecular weight excluding hydrogens is 322 g/mol. The number of likely N-dealkylation sites (tertiary alicyclic amines) is 1. The molecule has 1 amide bonds. The zero-order valence-electron chi connectivity index (χ0n) is 14.3. The molecule has 0 aromatic heterocycles. The van der Waals surface area contributed by atoms with E-state index in [1.807, 2.05) is 0 Å². The number of piperidine rings is 1. The number of Topliss-reactive ketones (excluding diaryl/α,β-unsaturated/α-hetero) is 1. The van der Waals surface area contributed by atoms with E-state index in [9.17, 15) is 14.4 Å². The Morgan fingerprint density at radius 2 is 1.60 bits per heavy atom. The van der Waals surface area contributed by atoms with Crippen LogP contribution in [0.3, 0.4) is 0 Å². The highest BCUT2D eigenvalue weighted by atomic mass is 16.5. The van der Waals surface area contributed by atoms with Crippen LogP contribution in [0.25, 0.3) is 0 Å². The molecule has 6 nitrogen and oxygen atoms in total. The summed E-state index contributed by atoms with van der Waals surface area (Å²) in [5.41, 5.74) is 0.663. The van der Waals surface area contributed by atoms with Crippen LogP contribution in [-0.4, -0.2) is 47.9 Å². The highest BCUT2D eigenvalue weighted by Gasteiger charge is 2.43. The zero-order chi connectivity index (χ0) is 18.0. The van der Waals surface area contributed by atoms with Crippen molar-refractivity contribution in [1.29, 1.82) is 0 Å². The molecule has 1 N–H and O–H groups in total. The van der Waals surface area contributed by atoms with E-state index < -0.39 is 11.9 Å². The molecule has 134 valence electrons. The molecule has 1 aromatic carbocycles. The Morgan fingerprint density at radius 3 is 2.08 bits per heavy atom. The van der Waals surface area contributed by atoms with Gasteiger partial charge in [0.05, 0.1) is 18.9 Å². The molecule has 2 fully saturated rings. The maximum atomic E-state index is 12.6. The van der Waals surface area contributed by atoms with Crippen molar-refractivity contribution in [3.05, 3.63) is 29.8 Å².